The lowest BCUT2D eigenvalue weighted by atomic mass is 9.89. The van der Waals surface area contributed by atoms with Gasteiger partial charge < -0.3 is 43.8 Å². The molecule has 23 nitrogen and oxygen atoms in total. The van der Waals surface area contributed by atoms with Crippen molar-refractivity contribution >= 4 is 59.6 Å². The van der Waals surface area contributed by atoms with Crippen LogP contribution in [-0.2, 0) is 54.3 Å². The molecule has 7 aromatic carbocycles. The number of nitrogens with zero attached hydrogens (tertiary/aromatic N) is 3. The van der Waals surface area contributed by atoms with Crippen molar-refractivity contribution in [1.82, 2.24) is 4.90 Å². The van der Waals surface area contributed by atoms with Crippen molar-refractivity contribution in [2.24, 2.45) is 11.1 Å². The van der Waals surface area contributed by atoms with E-state index in [4.69, 9.17) is 29.4 Å². The summed E-state index contributed by atoms with van der Waals surface area (Å²) in [6, 6.07) is 38.0. The molecule has 592 valence electrons. The van der Waals surface area contributed by atoms with Gasteiger partial charge in [-0.05, 0) is 154 Å². The Morgan fingerprint density at radius 3 is 1.20 bits per heavy atom. The minimum absolute atomic E-state index is 0.00474. The summed E-state index contributed by atoms with van der Waals surface area (Å²) in [4.78, 5) is 108. The number of likely N-dealkylation sites (tertiary alicyclic amines) is 1. The molecule has 1 aliphatic rings. The van der Waals surface area contributed by atoms with Crippen LogP contribution in [0.2, 0.25) is 0 Å². The smallest absolute Gasteiger partial charge is 0.410 e. The topological polar surface area (TPSA) is 317 Å². The van der Waals surface area contributed by atoms with Crippen molar-refractivity contribution in [3.05, 3.63) is 248 Å². The fraction of sp³-hybridized carbons (Fsp3) is 0.333. The Morgan fingerprint density at radius 2 is 0.882 bits per heavy atom. The summed E-state index contributed by atoms with van der Waals surface area (Å²) in [5, 5.41) is 20.3. The van der Waals surface area contributed by atoms with E-state index in [1.165, 1.54) is 103 Å². The number of Topliss-reactive ketones (excluding diaryl/α,β-unsaturated/α-hetero) is 4. The second kappa shape index (κ2) is 50.8. The van der Waals surface area contributed by atoms with Crippen LogP contribution in [0.3, 0.4) is 0 Å². The lowest BCUT2D eigenvalue weighted by molar-refractivity contribution is -0.401. The van der Waals surface area contributed by atoms with Gasteiger partial charge >= 0.3 is 18.0 Å². The maximum atomic E-state index is 13.4. The summed E-state index contributed by atoms with van der Waals surface area (Å²) in [7, 11) is 0. The summed E-state index contributed by atoms with van der Waals surface area (Å²) >= 11 is 0. The highest BCUT2D eigenvalue weighted by atomic mass is 19.2. The number of ketones is 4. The number of piperidine rings is 1. The van der Waals surface area contributed by atoms with E-state index in [0.29, 0.717) is 68.6 Å². The van der Waals surface area contributed by atoms with Crippen LogP contribution >= 0.6 is 0 Å². The second-order valence-corrected chi connectivity index (χ2v) is 25.5. The van der Waals surface area contributed by atoms with Crippen molar-refractivity contribution in [3.63, 3.8) is 0 Å². The quantitative estimate of drug-likeness (QED) is 0.0100. The van der Waals surface area contributed by atoms with Crippen molar-refractivity contribution in [2.45, 2.75) is 139 Å². The number of aldehydes is 1. The van der Waals surface area contributed by atoms with Crippen molar-refractivity contribution < 1.29 is 108 Å². The molecule has 0 aromatic heterocycles. The van der Waals surface area contributed by atoms with Crippen LogP contribution in [-0.4, -0.2) is 107 Å². The largest absolute Gasteiger partial charge is 0.466 e. The third kappa shape index (κ3) is 42.0. The number of nitro groups is 2. The fourth-order valence-corrected chi connectivity index (χ4v) is 8.58. The number of hydrogen-bond donors (Lipinski definition) is 1. The number of para-hydroxylation sites is 3. The Hall–Kier alpha value is -11.7. The van der Waals surface area contributed by atoms with Crippen LogP contribution in [0.1, 0.15) is 148 Å². The number of hydrogen-bond acceptors (Lipinski definition) is 20. The van der Waals surface area contributed by atoms with Gasteiger partial charge in [-0.15, -0.1) is 0 Å². The van der Waals surface area contributed by atoms with Gasteiger partial charge in [0.25, 0.3) is 0 Å². The van der Waals surface area contributed by atoms with Gasteiger partial charge in [-0.1, -0.05) is 107 Å². The zero-order valence-electron chi connectivity index (χ0n) is 62.8. The average molecular weight is 1540 g/mol. The third-order valence-corrected chi connectivity index (χ3v) is 13.7. The SMILES string of the molecule is CC(C)(C)CC(=O)CC(=O)COCc1ccccc1.CC(C)(C)OC(=O)N1CCC[C@@H](N)C1.CCOC(=O)CC(=O)CC.CCOC(=O)CC(=O)CC.O=Cc1ccc(Oc2c(F)cccc2F)cc1.O=[N+]([O-])/C=C/c1ccc(Oc2c(F)cccc2F)cc1.O=[N+]([O-])/C=C/c1ccc(Oc2c(F)cccc2F)cc1. The Morgan fingerprint density at radius 1 is 0.509 bits per heavy atom. The molecule has 1 fully saturated rings. The second-order valence-electron chi connectivity index (χ2n) is 25.5. The number of carbonyl (C=O) groups excluding carboxylic acids is 8. The number of amides is 1. The van der Waals surface area contributed by atoms with E-state index in [9.17, 15) is 84.9 Å². The molecule has 0 aliphatic carbocycles. The predicted octanol–water partition coefficient (Wildman–Crippen LogP) is 17.9. The number of nitrogens with two attached hydrogens (primary N) is 1. The first kappa shape index (κ1) is 94.4. The van der Waals surface area contributed by atoms with E-state index in [1.807, 2.05) is 71.9 Å². The molecule has 0 unspecified atom stereocenters. The highest BCUT2D eigenvalue weighted by Gasteiger charge is 2.26. The lowest BCUT2D eigenvalue weighted by Crippen LogP contribution is -2.47. The Labute approximate surface area is 634 Å². The van der Waals surface area contributed by atoms with Gasteiger partial charge in [-0.25, -0.2) is 31.1 Å². The van der Waals surface area contributed by atoms with Crippen LogP contribution in [0.5, 0.6) is 34.5 Å². The van der Waals surface area contributed by atoms with Gasteiger partial charge in [0.05, 0.1) is 36.1 Å². The fourth-order valence-electron chi connectivity index (χ4n) is 8.58. The van der Waals surface area contributed by atoms with Crippen LogP contribution < -0.4 is 19.9 Å². The van der Waals surface area contributed by atoms with Gasteiger partial charge in [-0.2, -0.15) is 0 Å². The lowest BCUT2D eigenvalue weighted by Gasteiger charge is -2.32. The van der Waals surface area contributed by atoms with Crippen molar-refractivity contribution in [1.29, 1.82) is 0 Å². The first-order valence-electron chi connectivity index (χ1n) is 34.5. The molecule has 2 N–H and O–H groups in total. The summed E-state index contributed by atoms with van der Waals surface area (Å²) in [6.45, 7) is 20.9. The van der Waals surface area contributed by atoms with Gasteiger partial charge in [0.2, 0.25) is 12.4 Å². The molecule has 1 saturated heterocycles. The standard InChI is InChI=1S/C16H22O3.2C14H9F2NO3.C13H8F2O2.C10H20N2O2.2C7H12O3/c1-16(2,3)10-14(17)9-15(18)12-19-11-13-7-5-4-6-8-13;2*15-12-2-1-3-13(16)14(12)20-11-6-4-10(5-7-11)8-9-17(18)19;14-11-2-1-3-12(15)13(11)17-10-6-4-9(8-16)5-7-10;1-10(2,3)14-9(13)12-6-4-5-8(11)7-12;2*1-3-6(8)5-7(9)10-4-2/h4-8H,9-12H2,1-3H3;2*1-9H;1-8H;8H,4-7,11H2,1-3H3;2*3-5H2,1-2H3/b;2*9-8+;;;;/t;;;;8-;;/m....1../s1. The summed E-state index contributed by atoms with van der Waals surface area (Å²) in [6.07, 6.45) is 7.65. The Bertz CT molecular complexity index is 3920. The number of halogens is 6. The number of ether oxygens (including phenoxy) is 7. The van der Waals surface area contributed by atoms with Gasteiger partial charge in [0, 0.05) is 56.1 Å². The molecule has 0 bridgehead atoms. The third-order valence-electron chi connectivity index (χ3n) is 13.7. The highest BCUT2D eigenvalue weighted by molar-refractivity contribution is 6.00. The van der Waals surface area contributed by atoms with Crippen LogP contribution in [0.15, 0.2) is 170 Å². The van der Waals surface area contributed by atoms with E-state index in [-0.39, 0.29) is 83.8 Å². The summed E-state index contributed by atoms with van der Waals surface area (Å²) in [5.41, 5.74) is 7.93. The summed E-state index contributed by atoms with van der Waals surface area (Å²) < 4.78 is 115. The molecule has 29 heteroatoms. The molecule has 1 amide bonds. The number of esters is 2. The van der Waals surface area contributed by atoms with E-state index in [0.717, 1.165) is 73.7 Å². The molecule has 8 rings (SSSR count). The van der Waals surface area contributed by atoms with Gasteiger partial charge in [-0.3, -0.25) is 53.8 Å². The minimum atomic E-state index is -0.803. The average Bonchev–Trinajstić information content (AvgIpc) is 0.860. The molecule has 1 aliphatic heterocycles. The van der Waals surface area contributed by atoms with Gasteiger partial charge in [0.1, 0.15) is 65.9 Å². The molecule has 0 saturated carbocycles. The van der Waals surface area contributed by atoms with Gasteiger partial charge in [0.15, 0.2) is 57.9 Å². The normalized spacial score (nSPS) is 12.0. The Balaban J connectivity index is 0.000000442. The molecule has 110 heavy (non-hydrogen) atoms. The van der Waals surface area contributed by atoms with Crippen molar-refractivity contribution in [3.8, 4) is 34.5 Å². The molecule has 1 atom stereocenters. The summed E-state index contributed by atoms with van der Waals surface area (Å²) in [5.74, 6) is -6.61. The number of carbonyl (C=O) groups is 8. The minimum Gasteiger partial charge on any atom is -0.466 e. The van der Waals surface area contributed by atoms with Crippen molar-refractivity contribution in [2.75, 3.05) is 32.9 Å². The molecule has 1 heterocycles. The highest BCUT2D eigenvalue weighted by Crippen LogP contribution is 2.31. The van der Waals surface area contributed by atoms with E-state index in [2.05, 4.69) is 9.47 Å². The molecular formula is C81H92F6N4O19. The molecule has 7 aromatic rings. The first-order chi connectivity index (χ1) is 52.0. The number of benzene rings is 7. The maximum absolute atomic E-state index is 13.4. The zero-order valence-corrected chi connectivity index (χ0v) is 62.8. The van der Waals surface area contributed by atoms with E-state index in [1.54, 1.807) is 32.6 Å². The molecular weight excluding hydrogens is 1450 g/mol. The predicted molar refractivity (Wildman–Crippen MR) is 399 cm³/mol. The molecule has 0 radical (unpaired) electrons. The zero-order chi connectivity index (χ0) is 82.4. The monoisotopic (exact) mass is 1540 g/mol. The van der Waals surface area contributed by atoms with Crippen LogP contribution in [0.25, 0.3) is 12.2 Å². The molecule has 0 spiro atoms. The van der Waals surface area contributed by atoms with E-state index < -0.39 is 79.5 Å². The first-order valence-corrected chi connectivity index (χ1v) is 34.5. The Kier molecular flexibility index (Phi) is 43.5. The van der Waals surface area contributed by atoms with E-state index >= 15 is 0 Å². The van der Waals surface area contributed by atoms with Crippen LogP contribution in [0, 0.1) is 60.5 Å². The van der Waals surface area contributed by atoms with Crippen LogP contribution in [0.4, 0.5) is 31.1 Å². The number of rotatable bonds is 26. The maximum Gasteiger partial charge on any atom is 0.410 e.